The Balaban J connectivity index is 0.000000269. The molecular formula is C14H18O4. The topological polar surface area (TPSA) is 74.6 Å². The van der Waals surface area contributed by atoms with Crippen LogP contribution in [0.3, 0.4) is 0 Å². The molecule has 1 saturated carbocycles. The van der Waals surface area contributed by atoms with E-state index in [1.54, 1.807) is 6.92 Å². The van der Waals surface area contributed by atoms with E-state index >= 15 is 0 Å². The Labute approximate surface area is 106 Å². The molecule has 2 N–H and O–H groups in total. The molecule has 18 heavy (non-hydrogen) atoms. The summed E-state index contributed by atoms with van der Waals surface area (Å²) >= 11 is 0. The molecule has 0 spiro atoms. The first-order valence-electron chi connectivity index (χ1n) is 6.09. The van der Waals surface area contributed by atoms with Crippen LogP contribution in [0.25, 0.3) is 0 Å². The molecule has 0 heterocycles. The van der Waals surface area contributed by atoms with Gasteiger partial charge in [-0.15, -0.1) is 0 Å². The first-order valence-corrected chi connectivity index (χ1v) is 6.09. The van der Waals surface area contributed by atoms with Crippen molar-refractivity contribution in [2.45, 2.75) is 39.0 Å². The SMILES string of the molecule is C1CCCC1.Cc1cc(C(=O)O)cc(C(=O)O)c1. The van der Waals surface area contributed by atoms with Crippen LogP contribution >= 0.6 is 0 Å². The lowest BCUT2D eigenvalue weighted by Gasteiger charge is -1.99. The van der Waals surface area contributed by atoms with Crippen molar-refractivity contribution >= 4 is 11.9 Å². The molecule has 0 amide bonds. The van der Waals surface area contributed by atoms with Gasteiger partial charge in [-0.25, -0.2) is 9.59 Å². The average Bonchev–Trinajstić information content (AvgIpc) is 2.86. The molecule has 0 bridgehead atoms. The highest BCUT2D eigenvalue weighted by atomic mass is 16.4. The third-order valence-corrected chi connectivity index (χ3v) is 2.82. The summed E-state index contributed by atoms with van der Waals surface area (Å²) in [7, 11) is 0. The predicted octanol–water partition coefficient (Wildman–Crippen LogP) is 3.34. The molecule has 1 aromatic carbocycles. The van der Waals surface area contributed by atoms with Crippen LogP contribution in [0.4, 0.5) is 0 Å². The van der Waals surface area contributed by atoms with Gasteiger partial charge in [0.15, 0.2) is 0 Å². The monoisotopic (exact) mass is 250 g/mol. The van der Waals surface area contributed by atoms with Gasteiger partial charge in [-0.3, -0.25) is 0 Å². The summed E-state index contributed by atoms with van der Waals surface area (Å²) in [4.78, 5) is 21.1. The van der Waals surface area contributed by atoms with E-state index in [2.05, 4.69) is 0 Å². The minimum absolute atomic E-state index is 0.00241. The van der Waals surface area contributed by atoms with Crippen molar-refractivity contribution in [3.63, 3.8) is 0 Å². The maximum Gasteiger partial charge on any atom is 0.335 e. The fraction of sp³-hybridized carbons (Fsp3) is 0.429. The first kappa shape index (κ1) is 14.2. The Morgan fingerprint density at radius 3 is 1.44 bits per heavy atom. The van der Waals surface area contributed by atoms with Crippen molar-refractivity contribution < 1.29 is 19.8 Å². The van der Waals surface area contributed by atoms with Crippen LogP contribution in [0.15, 0.2) is 18.2 Å². The third-order valence-electron chi connectivity index (χ3n) is 2.82. The van der Waals surface area contributed by atoms with Gasteiger partial charge in [0.2, 0.25) is 0 Å². The molecule has 0 saturated heterocycles. The van der Waals surface area contributed by atoms with Gasteiger partial charge < -0.3 is 10.2 Å². The number of aryl methyl sites for hydroxylation is 1. The van der Waals surface area contributed by atoms with Crippen LogP contribution in [0.5, 0.6) is 0 Å². The van der Waals surface area contributed by atoms with Crippen LogP contribution in [0.1, 0.15) is 58.4 Å². The number of benzene rings is 1. The van der Waals surface area contributed by atoms with Gasteiger partial charge in [-0.1, -0.05) is 32.1 Å². The molecule has 0 unspecified atom stereocenters. The van der Waals surface area contributed by atoms with Crippen molar-refractivity contribution in [1.29, 1.82) is 0 Å². The molecular weight excluding hydrogens is 232 g/mol. The molecule has 0 atom stereocenters. The van der Waals surface area contributed by atoms with Crippen molar-refractivity contribution in [3.8, 4) is 0 Å². The van der Waals surface area contributed by atoms with Crippen molar-refractivity contribution in [2.24, 2.45) is 0 Å². The highest BCUT2D eigenvalue weighted by Crippen LogP contribution is 2.15. The largest absolute Gasteiger partial charge is 0.478 e. The lowest BCUT2D eigenvalue weighted by molar-refractivity contribution is 0.0696. The molecule has 4 heteroatoms. The molecule has 0 aliphatic heterocycles. The molecule has 1 aliphatic rings. The quantitative estimate of drug-likeness (QED) is 0.844. The number of carboxylic acids is 2. The lowest BCUT2D eigenvalue weighted by atomic mass is 10.1. The minimum Gasteiger partial charge on any atom is -0.478 e. The van der Waals surface area contributed by atoms with Crippen molar-refractivity contribution in [1.82, 2.24) is 0 Å². The van der Waals surface area contributed by atoms with Gasteiger partial charge in [0, 0.05) is 0 Å². The van der Waals surface area contributed by atoms with Crippen molar-refractivity contribution in [3.05, 3.63) is 34.9 Å². The number of aromatic carboxylic acids is 2. The zero-order valence-corrected chi connectivity index (χ0v) is 10.5. The molecule has 1 aromatic rings. The van der Waals surface area contributed by atoms with E-state index in [1.807, 2.05) is 0 Å². The predicted molar refractivity (Wildman–Crippen MR) is 68.2 cm³/mol. The number of carboxylic acid groups (broad SMARTS) is 2. The van der Waals surface area contributed by atoms with Crippen LogP contribution in [0, 0.1) is 6.92 Å². The second-order valence-electron chi connectivity index (χ2n) is 4.47. The van der Waals surface area contributed by atoms with Gasteiger partial charge in [0.25, 0.3) is 0 Å². The standard InChI is InChI=1S/C9H8O4.C5H10/c1-5-2-6(8(10)11)4-7(3-5)9(12)13;1-2-4-5-3-1/h2-4H,1H3,(H,10,11)(H,12,13);1-5H2. The number of hydrogen-bond acceptors (Lipinski definition) is 2. The molecule has 1 fully saturated rings. The van der Waals surface area contributed by atoms with E-state index in [0.717, 1.165) is 6.07 Å². The van der Waals surface area contributed by atoms with Gasteiger partial charge in [-0.2, -0.15) is 0 Å². The fourth-order valence-corrected chi connectivity index (χ4v) is 1.91. The summed E-state index contributed by atoms with van der Waals surface area (Å²) < 4.78 is 0. The third kappa shape index (κ3) is 4.57. The minimum atomic E-state index is -1.12. The van der Waals surface area contributed by atoms with Gasteiger partial charge in [0.05, 0.1) is 11.1 Å². The van der Waals surface area contributed by atoms with Crippen molar-refractivity contribution in [2.75, 3.05) is 0 Å². The van der Waals surface area contributed by atoms with Crippen LogP contribution < -0.4 is 0 Å². The summed E-state index contributed by atoms with van der Waals surface area (Å²) in [6, 6.07) is 3.99. The fourth-order valence-electron chi connectivity index (χ4n) is 1.91. The molecule has 0 aromatic heterocycles. The normalized spacial score (nSPS) is 13.6. The van der Waals surface area contributed by atoms with E-state index < -0.39 is 11.9 Å². The second kappa shape index (κ2) is 6.79. The summed E-state index contributed by atoms with van der Waals surface area (Å²) in [6.07, 6.45) is 7.50. The molecule has 0 radical (unpaired) electrons. The highest BCUT2D eigenvalue weighted by molar-refractivity contribution is 5.94. The van der Waals surface area contributed by atoms with E-state index in [1.165, 1.54) is 44.2 Å². The van der Waals surface area contributed by atoms with Crippen LogP contribution in [-0.4, -0.2) is 22.2 Å². The Hall–Kier alpha value is -1.84. The zero-order valence-electron chi connectivity index (χ0n) is 10.5. The van der Waals surface area contributed by atoms with Gasteiger partial charge in [-0.05, 0) is 30.7 Å². The van der Waals surface area contributed by atoms with Crippen LogP contribution in [-0.2, 0) is 0 Å². The van der Waals surface area contributed by atoms with E-state index in [4.69, 9.17) is 10.2 Å². The Kier molecular flexibility index (Phi) is 5.36. The maximum atomic E-state index is 10.5. The van der Waals surface area contributed by atoms with E-state index in [9.17, 15) is 9.59 Å². The smallest absolute Gasteiger partial charge is 0.335 e. The Bertz CT molecular complexity index is 394. The van der Waals surface area contributed by atoms with E-state index in [-0.39, 0.29) is 11.1 Å². The molecule has 1 aliphatic carbocycles. The summed E-state index contributed by atoms with van der Waals surface area (Å²) in [5, 5.41) is 17.2. The second-order valence-corrected chi connectivity index (χ2v) is 4.47. The lowest BCUT2D eigenvalue weighted by Crippen LogP contribution is -2.02. The number of rotatable bonds is 2. The maximum absolute atomic E-state index is 10.5. The van der Waals surface area contributed by atoms with Gasteiger partial charge in [0.1, 0.15) is 0 Å². The number of hydrogen-bond donors (Lipinski definition) is 2. The van der Waals surface area contributed by atoms with Gasteiger partial charge >= 0.3 is 11.9 Å². The highest BCUT2D eigenvalue weighted by Gasteiger charge is 2.09. The Morgan fingerprint density at radius 1 is 0.833 bits per heavy atom. The summed E-state index contributed by atoms with van der Waals surface area (Å²) in [6.45, 7) is 1.65. The molecule has 2 rings (SSSR count). The molecule has 4 nitrogen and oxygen atoms in total. The zero-order chi connectivity index (χ0) is 13.5. The number of carbonyl (C=O) groups is 2. The molecule has 98 valence electrons. The van der Waals surface area contributed by atoms with Crippen LogP contribution in [0.2, 0.25) is 0 Å². The first-order chi connectivity index (χ1) is 8.50. The van der Waals surface area contributed by atoms with E-state index in [0.29, 0.717) is 5.56 Å². The summed E-state index contributed by atoms with van der Waals surface area (Å²) in [5.74, 6) is -2.24. The Morgan fingerprint density at radius 2 is 1.17 bits per heavy atom. The average molecular weight is 250 g/mol. The summed E-state index contributed by atoms with van der Waals surface area (Å²) in [5.41, 5.74) is 0.618.